The van der Waals surface area contributed by atoms with E-state index in [1.807, 2.05) is 42.1 Å². The lowest BCUT2D eigenvalue weighted by molar-refractivity contribution is 0.0633. The lowest BCUT2D eigenvalue weighted by atomic mass is 10.0. The van der Waals surface area contributed by atoms with E-state index >= 15 is 0 Å². The van der Waals surface area contributed by atoms with Crippen molar-refractivity contribution in [1.29, 1.82) is 0 Å². The fourth-order valence-electron chi connectivity index (χ4n) is 6.71. The second kappa shape index (κ2) is 10.4. The number of rotatable bonds is 5. The lowest BCUT2D eigenvalue weighted by Crippen LogP contribution is -2.48. The van der Waals surface area contributed by atoms with Gasteiger partial charge in [0.25, 0.3) is 5.91 Å². The summed E-state index contributed by atoms with van der Waals surface area (Å²) in [5.74, 6) is 1.81. The lowest BCUT2D eigenvalue weighted by Gasteiger charge is -2.34. The third-order valence-corrected chi connectivity index (χ3v) is 9.14. The first-order chi connectivity index (χ1) is 20.8. The number of carbonyl (C=O) groups excluding carboxylic acids is 1. The molecule has 5 aromatic heterocycles. The fraction of sp³-hybridized carbons (Fsp3) is 0.424. The van der Waals surface area contributed by atoms with Crippen molar-refractivity contribution in [3.8, 4) is 22.8 Å². The van der Waals surface area contributed by atoms with Crippen LogP contribution in [0.2, 0.25) is 0 Å². The van der Waals surface area contributed by atoms with Crippen molar-refractivity contribution in [3.63, 3.8) is 0 Å². The Kier molecular flexibility index (Phi) is 6.69. The standard InChI is InChI=1S/C33H38N8O2/c1-7-39-9-11-40(12-10-39)33(42)31-20(4)29-27(38(31)6)15-28(37-30(29)19(2)3)41-26-14-25(36-21(5)23(26)18-35-41)24-17-34-16-22-8-13-43-32(22)24/h14-19H,7-13H2,1-6H3. The molecule has 2 aliphatic heterocycles. The van der Waals surface area contributed by atoms with Crippen LogP contribution in [-0.2, 0) is 13.5 Å². The maximum Gasteiger partial charge on any atom is 0.270 e. The number of piperazine rings is 1. The maximum atomic E-state index is 13.9. The summed E-state index contributed by atoms with van der Waals surface area (Å²) >= 11 is 0. The highest BCUT2D eigenvalue weighted by Crippen LogP contribution is 2.38. The Hall–Kier alpha value is -4.31. The molecule has 222 valence electrons. The molecule has 43 heavy (non-hydrogen) atoms. The first-order valence-corrected chi connectivity index (χ1v) is 15.2. The van der Waals surface area contributed by atoms with Gasteiger partial charge >= 0.3 is 0 Å². The van der Waals surface area contributed by atoms with Gasteiger partial charge in [-0.3, -0.25) is 14.8 Å². The van der Waals surface area contributed by atoms with E-state index in [1.54, 1.807) is 0 Å². The summed E-state index contributed by atoms with van der Waals surface area (Å²) < 4.78 is 9.92. The Balaban J connectivity index is 1.37. The fourth-order valence-corrected chi connectivity index (χ4v) is 6.71. The predicted octanol–water partition coefficient (Wildman–Crippen LogP) is 4.82. The molecule has 0 aliphatic carbocycles. The average Bonchev–Trinajstić information content (AvgIpc) is 3.73. The molecule has 1 saturated heterocycles. The van der Waals surface area contributed by atoms with Gasteiger partial charge in [-0.05, 0) is 37.9 Å². The molecule has 0 atom stereocenters. The van der Waals surface area contributed by atoms with Gasteiger partial charge in [-0.25, -0.2) is 9.67 Å². The summed E-state index contributed by atoms with van der Waals surface area (Å²) in [5.41, 5.74) is 8.25. The van der Waals surface area contributed by atoms with Crippen LogP contribution in [0.5, 0.6) is 5.75 Å². The molecule has 1 fully saturated rings. The van der Waals surface area contributed by atoms with E-state index in [2.05, 4.69) is 54.3 Å². The molecule has 0 N–H and O–H groups in total. The van der Waals surface area contributed by atoms with E-state index < -0.39 is 0 Å². The van der Waals surface area contributed by atoms with E-state index in [1.165, 1.54) is 0 Å². The van der Waals surface area contributed by atoms with Crippen LogP contribution >= 0.6 is 0 Å². The summed E-state index contributed by atoms with van der Waals surface area (Å²) in [4.78, 5) is 32.8. The van der Waals surface area contributed by atoms with Crippen LogP contribution in [0.1, 0.15) is 59.7 Å². The summed E-state index contributed by atoms with van der Waals surface area (Å²) in [6.45, 7) is 15.5. The summed E-state index contributed by atoms with van der Waals surface area (Å²) in [7, 11) is 2.00. The molecule has 0 radical (unpaired) electrons. The van der Waals surface area contributed by atoms with Crippen LogP contribution < -0.4 is 4.74 Å². The average molecular weight is 579 g/mol. The number of pyridine rings is 3. The van der Waals surface area contributed by atoms with E-state index in [0.29, 0.717) is 12.4 Å². The Morgan fingerprint density at radius 1 is 1.02 bits per heavy atom. The molecule has 0 unspecified atom stereocenters. The largest absolute Gasteiger partial charge is 0.492 e. The minimum absolute atomic E-state index is 0.0883. The highest BCUT2D eigenvalue weighted by atomic mass is 16.5. The van der Waals surface area contributed by atoms with Crippen LogP contribution in [0.15, 0.2) is 30.7 Å². The quantitative estimate of drug-likeness (QED) is 0.295. The molecule has 0 aromatic carbocycles. The number of hydrogen-bond acceptors (Lipinski definition) is 7. The van der Waals surface area contributed by atoms with Gasteiger partial charge in [0.2, 0.25) is 0 Å². The molecular formula is C33H38N8O2. The zero-order chi connectivity index (χ0) is 30.0. The van der Waals surface area contributed by atoms with Gasteiger partial charge in [0.1, 0.15) is 11.4 Å². The first-order valence-electron chi connectivity index (χ1n) is 15.2. The molecule has 10 heteroatoms. The Morgan fingerprint density at radius 2 is 1.81 bits per heavy atom. The molecular weight excluding hydrogens is 540 g/mol. The second-order valence-electron chi connectivity index (χ2n) is 12.0. The molecule has 5 aromatic rings. The topological polar surface area (TPSA) is 94.2 Å². The van der Waals surface area contributed by atoms with Gasteiger partial charge in [-0.2, -0.15) is 5.10 Å². The van der Waals surface area contributed by atoms with Crippen LogP contribution in [0.3, 0.4) is 0 Å². The van der Waals surface area contributed by atoms with Gasteiger partial charge < -0.3 is 19.1 Å². The zero-order valence-corrected chi connectivity index (χ0v) is 25.8. The highest BCUT2D eigenvalue weighted by molar-refractivity contribution is 6.03. The van der Waals surface area contributed by atoms with Gasteiger partial charge in [0.15, 0.2) is 5.82 Å². The third-order valence-electron chi connectivity index (χ3n) is 9.14. The number of carbonyl (C=O) groups is 1. The molecule has 1 amide bonds. The maximum absolute atomic E-state index is 13.9. The van der Waals surface area contributed by atoms with Crippen molar-refractivity contribution in [2.75, 3.05) is 39.3 Å². The number of fused-ring (bicyclic) bond motifs is 3. The summed E-state index contributed by atoms with van der Waals surface area (Å²) in [6.07, 6.45) is 6.41. The van der Waals surface area contributed by atoms with Crippen molar-refractivity contribution < 1.29 is 9.53 Å². The Morgan fingerprint density at radius 3 is 2.56 bits per heavy atom. The Labute approximate surface area is 251 Å². The first kappa shape index (κ1) is 27.5. The molecule has 0 bridgehead atoms. The summed E-state index contributed by atoms with van der Waals surface area (Å²) in [6, 6.07) is 4.11. The Bertz CT molecular complexity index is 1890. The summed E-state index contributed by atoms with van der Waals surface area (Å²) in [5, 5.41) is 6.81. The number of aryl methyl sites for hydroxylation is 3. The van der Waals surface area contributed by atoms with Crippen molar-refractivity contribution >= 4 is 27.7 Å². The van der Waals surface area contributed by atoms with E-state index in [9.17, 15) is 4.79 Å². The molecule has 0 spiro atoms. The number of hydrogen-bond donors (Lipinski definition) is 0. The van der Waals surface area contributed by atoms with E-state index in [-0.39, 0.29) is 11.8 Å². The van der Waals surface area contributed by atoms with Gasteiger partial charge in [0.05, 0.1) is 40.8 Å². The molecule has 7 rings (SSSR count). The number of ether oxygens (including phenoxy) is 1. The minimum atomic E-state index is 0.0883. The number of amides is 1. The SMILES string of the molecule is CCN1CCN(C(=O)c2c(C)c3c(C(C)C)nc(-n4ncc5c(C)nc(-c6cncc7c6OCC7)cc54)cc3n2C)CC1. The van der Waals surface area contributed by atoms with Crippen molar-refractivity contribution in [2.45, 2.75) is 47.0 Å². The van der Waals surface area contributed by atoms with Crippen molar-refractivity contribution in [1.82, 2.24) is 39.1 Å². The van der Waals surface area contributed by atoms with Gasteiger partial charge in [0, 0.05) is 80.1 Å². The predicted molar refractivity (Wildman–Crippen MR) is 167 cm³/mol. The van der Waals surface area contributed by atoms with Crippen molar-refractivity contribution in [3.05, 3.63) is 58.9 Å². The number of nitrogens with zero attached hydrogens (tertiary/aromatic N) is 8. The smallest absolute Gasteiger partial charge is 0.270 e. The van der Waals surface area contributed by atoms with Gasteiger partial charge in [-0.1, -0.05) is 20.8 Å². The van der Waals surface area contributed by atoms with Crippen LogP contribution in [0, 0.1) is 13.8 Å². The number of likely N-dealkylation sites (N-methyl/N-ethyl adjacent to an activating group) is 1. The minimum Gasteiger partial charge on any atom is -0.492 e. The van der Waals surface area contributed by atoms with Crippen LogP contribution in [0.25, 0.3) is 38.9 Å². The highest BCUT2D eigenvalue weighted by Gasteiger charge is 2.29. The molecule has 2 aliphatic rings. The van der Waals surface area contributed by atoms with E-state index in [4.69, 9.17) is 19.8 Å². The van der Waals surface area contributed by atoms with Gasteiger partial charge in [-0.15, -0.1) is 0 Å². The molecule has 10 nitrogen and oxygen atoms in total. The molecule has 0 saturated carbocycles. The van der Waals surface area contributed by atoms with Crippen LogP contribution in [0.4, 0.5) is 0 Å². The van der Waals surface area contributed by atoms with Crippen LogP contribution in [-0.4, -0.2) is 84.3 Å². The third kappa shape index (κ3) is 4.38. The molecule has 7 heterocycles. The second-order valence-corrected chi connectivity index (χ2v) is 12.0. The monoisotopic (exact) mass is 578 g/mol. The normalized spacial score (nSPS) is 15.6. The van der Waals surface area contributed by atoms with E-state index in [0.717, 1.165) is 106 Å². The van der Waals surface area contributed by atoms with Crippen molar-refractivity contribution in [2.24, 2.45) is 7.05 Å². The zero-order valence-electron chi connectivity index (χ0n) is 25.8. The number of aromatic nitrogens is 6.